The molecule has 5 rings (SSSR count). The molecule has 34 heavy (non-hydrogen) atoms. The van der Waals surface area contributed by atoms with Gasteiger partial charge in [-0.15, -0.1) is 11.3 Å². The first-order valence-electron chi connectivity index (χ1n) is 11.2. The Bertz CT molecular complexity index is 1290. The average Bonchev–Trinajstić information content (AvgIpc) is 3.45. The normalized spacial score (nSPS) is 13.9. The number of hydrogen-bond acceptors (Lipinski definition) is 7. The number of ether oxygens (including phenoxy) is 1. The molecule has 4 aromatic rings. The van der Waals surface area contributed by atoms with E-state index in [9.17, 15) is 9.59 Å². The van der Waals surface area contributed by atoms with Crippen molar-refractivity contribution >= 4 is 39.2 Å². The van der Waals surface area contributed by atoms with Gasteiger partial charge in [0.15, 0.2) is 6.61 Å². The van der Waals surface area contributed by atoms with Crippen LogP contribution >= 0.6 is 11.3 Å². The first-order valence-corrected chi connectivity index (χ1v) is 12.0. The fourth-order valence-corrected chi connectivity index (χ4v) is 5.15. The van der Waals surface area contributed by atoms with Crippen LogP contribution in [0, 0.1) is 6.92 Å². The molecule has 1 aliphatic rings. The Labute approximate surface area is 201 Å². The summed E-state index contributed by atoms with van der Waals surface area (Å²) >= 11 is 1.34. The maximum atomic E-state index is 12.7. The third-order valence-electron chi connectivity index (χ3n) is 5.92. The van der Waals surface area contributed by atoms with E-state index in [-0.39, 0.29) is 12.5 Å². The molecule has 0 radical (unpaired) electrons. The highest BCUT2D eigenvalue weighted by Crippen LogP contribution is 2.29. The number of anilines is 1. The van der Waals surface area contributed by atoms with Gasteiger partial charge < -0.3 is 14.5 Å². The van der Waals surface area contributed by atoms with Crippen LogP contribution in [0.4, 0.5) is 5.82 Å². The molecule has 3 aromatic heterocycles. The summed E-state index contributed by atoms with van der Waals surface area (Å²) in [5.41, 5.74) is 2.00. The minimum atomic E-state index is -0.479. The number of thiophene rings is 1. The fraction of sp³-hybridized carbons (Fsp3) is 0.280. The van der Waals surface area contributed by atoms with Crippen molar-refractivity contribution in [2.24, 2.45) is 0 Å². The summed E-state index contributed by atoms with van der Waals surface area (Å²) < 4.78 is 7.29. The zero-order chi connectivity index (χ0) is 23.5. The molecule has 0 unspecified atom stereocenters. The summed E-state index contributed by atoms with van der Waals surface area (Å²) in [6.07, 6.45) is 1.76. The second kappa shape index (κ2) is 9.64. The molecule has 1 amide bonds. The quantitative estimate of drug-likeness (QED) is 0.398. The maximum absolute atomic E-state index is 12.7. The summed E-state index contributed by atoms with van der Waals surface area (Å²) in [6.45, 7) is 4.85. The van der Waals surface area contributed by atoms with Gasteiger partial charge in [-0.3, -0.25) is 9.48 Å². The number of rotatable bonds is 6. The Morgan fingerprint density at radius 2 is 1.79 bits per heavy atom. The predicted octanol–water partition coefficient (Wildman–Crippen LogP) is 3.36. The van der Waals surface area contributed by atoms with Crippen LogP contribution in [0.2, 0.25) is 0 Å². The number of esters is 1. The number of carbonyl (C=O) groups excluding carboxylic acids is 2. The number of benzene rings is 1. The molecule has 174 valence electrons. The molecule has 0 N–H and O–H groups in total. The second-order valence-corrected chi connectivity index (χ2v) is 9.22. The zero-order valence-electron chi connectivity index (χ0n) is 18.9. The van der Waals surface area contributed by atoms with Crippen LogP contribution < -0.4 is 4.90 Å². The van der Waals surface area contributed by atoms with Gasteiger partial charge >= 0.3 is 5.97 Å². The molecule has 0 bridgehead atoms. The topological polar surface area (TPSA) is 80.6 Å². The Morgan fingerprint density at radius 3 is 2.53 bits per heavy atom. The predicted molar refractivity (Wildman–Crippen MR) is 131 cm³/mol. The van der Waals surface area contributed by atoms with Crippen molar-refractivity contribution in [1.29, 1.82) is 0 Å². The summed E-state index contributed by atoms with van der Waals surface area (Å²) in [5, 5.41) is 5.55. The maximum Gasteiger partial charge on any atom is 0.348 e. The molecule has 1 fully saturated rings. The number of nitrogens with zero attached hydrogens (tertiary/aromatic N) is 5. The van der Waals surface area contributed by atoms with Crippen molar-refractivity contribution in [3.05, 3.63) is 76.9 Å². The van der Waals surface area contributed by atoms with E-state index in [1.807, 2.05) is 66.2 Å². The molecular weight excluding hydrogens is 450 g/mol. The summed E-state index contributed by atoms with van der Waals surface area (Å²) in [5.74, 6) is 0.251. The van der Waals surface area contributed by atoms with E-state index in [0.717, 1.165) is 27.3 Å². The van der Waals surface area contributed by atoms with Crippen molar-refractivity contribution < 1.29 is 14.3 Å². The van der Waals surface area contributed by atoms with Crippen LogP contribution in [-0.4, -0.2) is 64.3 Å². The summed E-state index contributed by atoms with van der Waals surface area (Å²) in [4.78, 5) is 34.9. The number of aromatic nitrogens is 3. The van der Waals surface area contributed by atoms with Crippen LogP contribution in [0.1, 0.15) is 20.9 Å². The van der Waals surface area contributed by atoms with Gasteiger partial charge in [0.05, 0.1) is 12.2 Å². The Morgan fingerprint density at radius 1 is 1.03 bits per heavy atom. The first-order chi connectivity index (χ1) is 16.6. The molecule has 0 spiro atoms. The van der Waals surface area contributed by atoms with Gasteiger partial charge in [0.25, 0.3) is 5.91 Å². The van der Waals surface area contributed by atoms with Gasteiger partial charge in [0, 0.05) is 37.8 Å². The van der Waals surface area contributed by atoms with E-state index in [0.29, 0.717) is 37.6 Å². The number of piperazine rings is 1. The van der Waals surface area contributed by atoms with Crippen molar-refractivity contribution in [3.8, 4) is 0 Å². The van der Waals surface area contributed by atoms with E-state index >= 15 is 0 Å². The number of aryl methyl sites for hydroxylation is 1. The lowest BCUT2D eigenvalue weighted by atomic mass is 10.2. The van der Waals surface area contributed by atoms with Crippen molar-refractivity contribution in [2.45, 2.75) is 13.5 Å². The first kappa shape index (κ1) is 22.1. The molecule has 0 aliphatic carbocycles. The van der Waals surface area contributed by atoms with E-state index in [2.05, 4.69) is 15.0 Å². The Hall–Kier alpha value is -3.72. The largest absolute Gasteiger partial charge is 0.451 e. The molecule has 0 atom stereocenters. The SMILES string of the molecule is Cc1nn(Cc2ccccc2)c2sc(C(=O)OCC(=O)N3CCN(c4ccccn4)CC3)cc12. The molecular formula is C25H25N5O3S. The lowest BCUT2D eigenvalue weighted by Crippen LogP contribution is -2.50. The van der Waals surface area contributed by atoms with Crippen molar-refractivity contribution in [1.82, 2.24) is 19.7 Å². The highest BCUT2D eigenvalue weighted by molar-refractivity contribution is 7.20. The molecule has 1 saturated heterocycles. The van der Waals surface area contributed by atoms with E-state index < -0.39 is 5.97 Å². The zero-order valence-corrected chi connectivity index (χ0v) is 19.7. The minimum absolute atomic E-state index is 0.179. The van der Waals surface area contributed by atoms with Gasteiger partial charge in [-0.25, -0.2) is 9.78 Å². The molecule has 0 saturated carbocycles. The minimum Gasteiger partial charge on any atom is -0.451 e. The molecule has 1 aromatic carbocycles. The highest BCUT2D eigenvalue weighted by atomic mass is 32.1. The number of amides is 1. The Balaban J connectivity index is 1.18. The molecule has 1 aliphatic heterocycles. The van der Waals surface area contributed by atoms with Crippen LogP contribution in [0.5, 0.6) is 0 Å². The van der Waals surface area contributed by atoms with E-state index in [4.69, 9.17) is 4.74 Å². The Kier molecular flexibility index (Phi) is 6.27. The third-order valence-corrected chi connectivity index (χ3v) is 7.04. The average molecular weight is 476 g/mol. The third kappa shape index (κ3) is 4.65. The molecule has 9 heteroatoms. The lowest BCUT2D eigenvalue weighted by Gasteiger charge is -2.35. The highest BCUT2D eigenvalue weighted by Gasteiger charge is 2.24. The van der Waals surface area contributed by atoms with Crippen LogP contribution in [0.25, 0.3) is 10.2 Å². The molecule has 8 nitrogen and oxygen atoms in total. The van der Waals surface area contributed by atoms with Gasteiger partial charge in [-0.1, -0.05) is 36.4 Å². The van der Waals surface area contributed by atoms with E-state index in [1.54, 1.807) is 11.1 Å². The van der Waals surface area contributed by atoms with Crippen molar-refractivity contribution in [2.75, 3.05) is 37.7 Å². The standard InChI is InChI=1S/C25H25N5O3S/c1-18-20-15-21(34-24(20)30(27-18)16-19-7-3-2-4-8-19)25(32)33-17-23(31)29-13-11-28(12-14-29)22-9-5-6-10-26-22/h2-10,15H,11-14,16-17H2,1H3. The van der Waals surface area contributed by atoms with Crippen LogP contribution in [0.15, 0.2) is 60.8 Å². The number of hydrogen-bond donors (Lipinski definition) is 0. The monoisotopic (exact) mass is 475 g/mol. The van der Waals surface area contributed by atoms with Gasteiger partial charge in [-0.2, -0.15) is 5.10 Å². The number of fused-ring (bicyclic) bond motifs is 1. The van der Waals surface area contributed by atoms with Crippen molar-refractivity contribution in [3.63, 3.8) is 0 Å². The molecule has 4 heterocycles. The van der Waals surface area contributed by atoms with Crippen LogP contribution in [-0.2, 0) is 16.1 Å². The van der Waals surface area contributed by atoms with E-state index in [1.165, 1.54) is 11.3 Å². The van der Waals surface area contributed by atoms with Gasteiger partial charge in [0.2, 0.25) is 0 Å². The van der Waals surface area contributed by atoms with Crippen LogP contribution in [0.3, 0.4) is 0 Å². The van der Waals surface area contributed by atoms with Gasteiger partial charge in [0.1, 0.15) is 15.5 Å². The van der Waals surface area contributed by atoms with Gasteiger partial charge in [-0.05, 0) is 30.7 Å². The fourth-order valence-electron chi connectivity index (χ4n) is 4.09. The number of carbonyl (C=O) groups is 2. The lowest BCUT2D eigenvalue weighted by molar-refractivity contribution is -0.134. The number of pyridine rings is 1. The second-order valence-electron chi connectivity index (χ2n) is 8.19. The summed E-state index contributed by atoms with van der Waals surface area (Å²) in [6, 6.07) is 17.7. The smallest absolute Gasteiger partial charge is 0.348 e. The summed E-state index contributed by atoms with van der Waals surface area (Å²) in [7, 11) is 0.